The monoisotopic (exact) mass is 273 g/mol. The first kappa shape index (κ1) is 13.4. The van der Waals surface area contributed by atoms with Gasteiger partial charge in [0.2, 0.25) is 0 Å². The highest BCUT2D eigenvalue weighted by molar-refractivity contribution is 6.30. The summed E-state index contributed by atoms with van der Waals surface area (Å²) in [4.78, 5) is 4.44. The summed E-state index contributed by atoms with van der Waals surface area (Å²) in [7, 11) is 0. The van der Waals surface area contributed by atoms with Crippen molar-refractivity contribution >= 4 is 23.1 Å². The van der Waals surface area contributed by atoms with Crippen LogP contribution in [0.15, 0.2) is 59.6 Å². The van der Waals surface area contributed by atoms with Gasteiger partial charge in [-0.2, -0.15) is 0 Å². The Morgan fingerprint density at radius 2 is 1.74 bits per heavy atom. The maximum absolute atomic E-state index is 5.82. The fourth-order valence-electron chi connectivity index (χ4n) is 1.53. The van der Waals surface area contributed by atoms with E-state index >= 15 is 0 Å². The lowest BCUT2D eigenvalue weighted by atomic mass is 10.2. The predicted octanol–water partition coefficient (Wildman–Crippen LogP) is 3.88. The van der Waals surface area contributed by atoms with Crippen molar-refractivity contribution in [3.05, 3.63) is 65.2 Å². The summed E-state index contributed by atoms with van der Waals surface area (Å²) in [5.41, 5.74) is 8.25. The lowest BCUT2D eigenvalue weighted by Crippen LogP contribution is -2.27. The molecule has 0 bridgehead atoms. The van der Waals surface area contributed by atoms with Gasteiger partial charge in [0, 0.05) is 5.02 Å². The summed E-state index contributed by atoms with van der Waals surface area (Å²) in [5.74, 6) is 0.832. The van der Waals surface area contributed by atoms with Crippen LogP contribution in [0.1, 0.15) is 12.5 Å². The lowest BCUT2D eigenvalue weighted by molar-refractivity contribution is 1.01. The second-order valence-corrected chi connectivity index (χ2v) is 4.58. The molecular weight excluding hydrogens is 258 g/mol. The fourth-order valence-corrected chi connectivity index (χ4v) is 1.65. The topological polar surface area (TPSA) is 36.4 Å². The molecule has 0 amide bonds. The molecule has 0 unspecified atom stereocenters. The molecule has 0 heterocycles. The molecule has 19 heavy (non-hydrogen) atoms. The third kappa shape index (κ3) is 4.64. The van der Waals surface area contributed by atoms with E-state index in [1.807, 2.05) is 49.4 Å². The highest BCUT2D eigenvalue weighted by Gasteiger charge is 1.93. The minimum atomic E-state index is 0.669. The van der Waals surface area contributed by atoms with E-state index < -0.39 is 0 Å². The first-order valence-corrected chi connectivity index (χ1v) is 6.44. The molecule has 0 radical (unpaired) electrons. The normalized spacial score (nSPS) is 11.2. The standard InChI is InChI=1S/C15H16ClN3/c1-12(17-11-13-5-3-2-4-6-13)18-19-15-9-7-14(16)8-10-15/h2-10,19H,11H2,1H3,(H,17,18). The summed E-state index contributed by atoms with van der Waals surface area (Å²) in [6.07, 6.45) is 0. The number of hydrazine groups is 1. The predicted molar refractivity (Wildman–Crippen MR) is 81.5 cm³/mol. The second-order valence-electron chi connectivity index (χ2n) is 4.14. The number of amidine groups is 1. The maximum atomic E-state index is 5.82. The van der Waals surface area contributed by atoms with Crippen molar-refractivity contribution in [1.82, 2.24) is 5.43 Å². The van der Waals surface area contributed by atoms with E-state index in [4.69, 9.17) is 11.6 Å². The second kappa shape index (κ2) is 6.81. The Morgan fingerprint density at radius 1 is 1.05 bits per heavy atom. The molecule has 0 aliphatic carbocycles. The van der Waals surface area contributed by atoms with E-state index in [9.17, 15) is 0 Å². The van der Waals surface area contributed by atoms with Gasteiger partial charge in [-0.15, -0.1) is 0 Å². The van der Waals surface area contributed by atoms with Crippen molar-refractivity contribution in [3.8, 4) is 0 Å². The first-order valence-electron chi connectivity index (χ1n) is 6.06. The first-order chi connectivity index (χ1) is 9.24. The Morgan fingerprint density at radius 3 is 2.42 bits per heavy atom. The smallest absolute Gasteiger partial charge is 0.112 e. The summed E-state index contributed by atoms with van der Waals surface area (Å²) < 4.78 is 0. The van der Waals surface area contributed by atoms with Crippen molar-refractivity contribution in [3.63, 3.8) is 0 Å². The summed E-state index contributed by atoms with van der Waals surface area (Å²) in [6, 6.07) is 17.6. The SMILES string of the molecule is CC(=NCc1ccccc1)NNc1ccc(Cl)cc1. The Kier molecular flexibility index (Phi) is 4.81. The number of halogens is 1. The molecule has 0 aliphatic heterocycles. The lowest BCUT2D eigenvalue weighted by Gasteiger charge is -2.09. The highest BCUT2D eigenvalue weighted by Crippen LogP contribution is 2.12. The van der Waals surface area contributed by atoms with Crippen molar-refractivity contribution in [2.75, 3.05) is 5.43 Å². The Labute approximate surface area is 118 Å². The molecule has 0 atom stereocenters. The largest absolute Gasteiger partial charge is 0.300 e. The van der Waals surface area contributed by atoms with E-state index in [0.29, 0.717) is 6.54 Å². The zero-order valence-electron chi connectivity index (χ0n) is 10.7. The molecule has 2 N–H and O–H groups in total. The summed E-state index contributed by atoms with van der Waals surface area (Å²) >= 11 is 5.82. The molecule has 4 heteroatoms. The van der Waals surface area contributed by atoms with Crippen molar-refractivity contribution in [2.45, 2.75) is 13.5 Å². The number of benzene rings is 2. The van der Waals surface area contributed by atoms with E-state index in [1.165, 1.54) is 5.56 Å². The van der Waals surface area contributed by atoms with Crippen LogP contribution in [-0.2, 0) is 6.54 Å². The van der Waals surface area contributed by atoms with Crippen molar-refractivity contribution < 1.29 is 0 Å². The molecule has 0 saturated carbocycles. The van der Waals surface area contributed by atoms with Crippen LogP contribution in [0, 0.1) is 0 Å². The third-order valence-electron chi connectivity index (χ3n) is 2.57. The molecule has 3 nitrogen and oxygen atoms in total. The average Bonchev–Trinajstić information content (AvgIpc) is 2.45. The highest BCUT2D eigenvalue weighted by atomic mass is 35.5. The molecule has 0 spiro atoms. The molecule has 2 aromatic carbocycles. The van der Waals surface area contributed by atoms with Gasteiger partial charge >= 0.3 is 0 Å². The number of nitrogens with zero attached hydrogens (tertiary/aromatic N) is 1. The number of aliphatic imine (C=N–C) groups is 1. The van der Waals surface area contributed by atoms with Crippen LogP contribution in [0.4, 0.5) is 5.69 Å². The molecule has 0 aromatic heterocycles. The van der Waals surface area contributed by atoms with Gasteiger partial charge in [0.1, 0.15) is 5.84 Å². The molecule has 98 valence electrons. The van der Waals surface area contributed by atoms with E-state index in [-0.39, 0.29) is 0 Å². The van der Waals surface area contributed by atoms with Crippen LogP contribution in [-0.4, -0.2) is 5.84 Å². The molecule has 2 aromatic rings. The van der Waals surface area contributed by atoms with Crippen LogP contribution in [0.3, 0.4) is 0 Å². The number of anilines is 1. The van der Waals surface area contributed by atoms with Gasteiger partial charge in [-0.25, -0.2) is 0 Å². The minimum Gasteiger partial charge on any atom is -0.300 e. The number of hydrogen-bond acceptors (Lipinski definition) is 2. The zero-order valence-corrected chi connectivity index (χ0v) is 11.5. The van der Waals surface area contributed by atoms with Crippen LogP contribution in [0.25, 0.3) is 0 Å². The van der Waals surface area contributed by atoms with Gasteiger partial charge in [0.05, 0.1) is 12.2 Å². The van der Waals surface area contributed by atoms with E-state index in [0.717, 1.165) is 16.5 Å². The van der Waals surface area contributed by atoms with Gasteiger partial charge in [-0.3, -0.25) is 15.8 Å². The van der Waals surface area contributed by atoms with Crippen LogP contribution in [0.2, 0.25) is 5.02 Å². The van der Waals surface area contributed by atoms with Crippen LogP contribution >= 0.6 is 11.6 Å². The molecule has 0 aliphatic rings. The van der Waals surface area contributed by atoms with Crippen molar-refractivity contribution in [2.24, 2.45) is 4.99 Å². The molecule has 0 saturated heterocycles. The van der Waals surface area contributed by atoms with E-state index in [2.05, 4.69) is 28.0 Å². The minimum absolute atomic E-state index is 0.669. The summed E-state index contributed by atoms with van der Waals surface area (Å²) in [6.45, 7) is 2.59. The van der Waals surface area contributed by atoms with Crippen LogP contribution < -0.4 is 10.9 Å². The Bertz CT molecular complexity index is 535. The summed E-state index contributed by atoms with van der Waals surface area (Å²) in [5, 5.41) is 0.722. The third-order valence-corrected chi connectivity index (χ3v) is 2.83. The van der Waals surface area contributed by atoms with E-state index in [1.54, 1.807) is 0 Å². The Balaban J connectivity index is 1.84. The average molecular weight is 274 g/mol. The molecule has 2 rings (SSSR count). The zero-order chi connectivity index (χ0) is 13.5. The van der Waals surface area contributed by atoms with Gasteiger partial charge in [0.25, 0.3) is 0 Å². The van der Waals surface area contributed by atoms with Gasteiger partial charge < -0.3 is 0 Å². The quantitative estimate of drug-likeness (QED) is 0.504. The van der Waals surface area contributed by atoms with Gasteiger partial charge in [-0.1, -0.05) is 41.9 Å². The van der Waals surface area contributed by atoms with Gasteiger partial charge in [0.15, 0.2) is 0 Å². The number of nitrogens with one attached hydrogen (secondary N) is 2. The maximum Gasteiger partial charge on any atom is 0.112 e. The fraction of sp³-hybridized carbons (Fsp3) is 0.133. The van der Waals surface area contributed by atoms with Crippen molar-refractivity contribution in [1.29, 1.82) is 0 Å². The van der Waals surface area contributed by atoms with Crippen LogP contribution in [0.5, 0.6) is 0 Å². The molecular formula is C15H16ClN3. The Hall–Kier alpha value is -2.00. The number of rotatable bonds is 4. The molecule has 0 fully saturated rings. The number of hydrogen-bond donors (Lipinski definition) is 2. The van der Waals surface area contributed by atoms with Gasteiger partial charge in [-0.05, 0) is 36.8 Å².